The Labute approximate surface area is 108 Å². The number of nitrogens with zero attached hydrogens (tertiary/aromatic N) is 4. The van der Waals surface area contributed by atoms with Crippen molar-refractivity contribution in [2.75, 3.05) is 25.0 Å². The molecule has 5 heteroatoms. The van der Waals surface area contributed by atoms with E-state index in [1.54, 1.807) is 13.3 Å². The molecule has 0 aromatic carbocycles. The summed E-state index contributed by atoms with van der Waals surface area (Å²) in [6.45, 7) is 5.49. The number of piperidine rings is 1. The van der Waals surface area contributed by atoms with Crippen LogP contribution in [0.3, 0.4) is 0 Å². The first-order valence-electron chi connectivity index (χ1n) is 6.35. The number of hydrogen-bond donors (Lipinski definition) is 0. The van der Waals surface area contributed by atoms with Gasteiger partial charge in [-0.2, -0.15) is 0 Å². The van der Waals surface area contributed by atoms with Crippen LogP contribution in [-0.4, -0.2) is 47.0 Å². The molecule has 0 aliphatic carbocycles. The molecule has 1 aliphatic heterocycles. The van der Waals surface area contributed by atoms with Gasteiger partial charge in [-0.15, -0.1) is 0 Å². The monoisotopic (exact) mass is 248 g/mol. The van der Waals surface area contributed by atoms with Crippen molar-refractivity contribution in [2.45, 2.75) is 32.7 Å². The molecule has 98 valence electrons. The van der Waals surface area contributed by atoms with Crippen LogP contribution >= 0.6 is 0 Å². The summed E-state index contributed by atoms with van der Waals surface area (Å²) in [5, 5.41) is 0. The van der Waals surface area contributed by atoms with Crippen molar-refractivity contribution in [3.8, 4) is 0 Å². The number of aryl methyl sites for hydroxylation is 1. The maximum Gasteiger partial charge on any atom is 0.219 e. The van der Waals surface area contributed by atoms with Crippen LogP contribution in [0.2, 0.25) is 0 Å². The van der Waals surface area contributed by atoms with E-state index in [2.05, 4.69) is 14.9 Å². The smallest absolute Gasteiger partial charge is 0.219 e. The lowest BCUT2D eigenvalue weighted by Crippen LogP contribution is -2.45. The summed E-state index contributed by atoms with van der Waals surface area (Å²) in [7, 11) is 1.89. The van der Waals surface area contributed by atoms with E-state index in [1.807, 2.05) is 24.9 Å². The SMILES string of the molecule is CC(=O)N(C)C1CCN(c2cc(C)ncn2)CC1. The minimum atomic E-state index is 0.145. The average molecular weight is 248 g/mol. The van der Waals surface area contributed by atoms with Gasteiger partial charge in [0.05, 0.1) is 0 Å². The molecular weight excluding hydrogens is 228 g/mol. The molecule has 1 fully saturated rings. The Bertz CT molecular complexity index is 427. The van der Waals surface area contributed by atoms with Crippen molar-refractivity contribution in [3.05, 3.63) is 18.1 Å². The van der Waals surface area contributed by atoms with Crippen LogP contribution < -0.4 is 4.90 Å². The maximum absolute atomic E-state index is 11.3. The van der Waals surface area contributed by atoms with Gasteiger partial charge in [-0.05, 0) is 19.8 Å². The van der Waals surface area contributed by atoms with Crippen LogP contribution in [0.1, 0.15) is 25.5 Å². The number of amides is 1. The van der Waals surface area contributed by atoms with Crippen molar-refractivity contribution in [2.24, 2.45) is 0 Å². The summed E-state index contributed by atoms with van der Waals surface area (Å²) in [6.07, 6.45) is 3.61. The van der Waals surface area contributed by atoms with Crippen LogP contribution in [0, 0.1) is 6.92 Å². The molecule has 1 aliphatic rings. The van der Waals surface area contributed by atoms with Crippen LogP contribution in [-0.2, 0) is 4.79 Å². The summed E-state index contributed by atoms with van der Waals surface area (Å²) in [4.78, 5) is 23.9. The lowest BCUT2D eigenvalue weighted by molar-refractivity contribution is -0.129. The fraction of sp³-hybridized carbons (Fsp3) is 0.615. The quantitative estimate of drug-likeness (QED) is 0.790. The van der Waals surface area contributed by atoms with Crippen LogP contribution in [0.15, 0.2) is 12.4 Å². The molecule has 2 heterocycles. The van der Waals surface area contributed by atoms with E-state index in [0.717, 1.165) is 37.4 Å². The molecule has 5 nitrogen and oxygen atoms in total. The second-order valence-electron chi connectivity index (χ2n) is 4.87. The molecule has 2 rings (SSSR count). The summed E-state index contributed by atoms with van der Waals surface area (Å²) >= 11 is 0. The van der Waals surface area contributed by atoms with Crippen LogP contribution in [0.5, 0.6) is 0 Å². The summed E-state index contributed by atoms with van der Waals surface area (Å²) in [5.74, 6) is 1.14. The highest BCUT2D eigenvalue weighted by Crippen LogP contribution is 2.20. The third-order valence-electron chi connectivity index (χ3n) is 3.62. The van der Waals surface area contributed by atoms with Crippen molar-refractivity contribution < 1.29 is 4.79 Å². The van der Waals surface area contributed by atoms with Crippen molar-refractivity contribution >= 4 is 11.7 Å². The van der Waals surface area contributed by atoms with E-state index >= 15 is 0 Å². The average Bonchev–Trinajstić information content (AvgIpc) is 2.38. The van der Waals surface area contributed by atoms with Gasteiger partial charge in [0, 0.05) is 44.9 Å². The van der Waals surface area contributed by atoms with E-state index in [4.69, 9.17) is 0 Å². The number of carbonyl (C=O) groups excluding carboxylic acids is 1. The highest BCUT2D eigenvalue weighted by atomic mass is 16.2. The van der Waals surface area contributed by atoms with E-state index < -0.39 is 0 Å². The molecule has 0 spiro atoms. The standard InChI is InChI=1S/C13H20N4O/c1-10-8-13(15-9-14-10)17-6-4-12(5-7-17)16(3)11(2)18/h8-9,12H,4-7H2,1-3H3. The van der Waals surface area contributed by atoms with Gasteiger partial charge < -0.3 is 9.80 Å². The zero-order chi connectivity index (χ0) is 13.1. The number of carbonyl (C=O) groups is 1. The highest BCUT2D eigenvalue weighted by Gasteiger charge is 2.24. The van der Waals surface area contributed by atoms with Gasteiger partial charge in [0.2, 0.25) is 5.91 Å². The van der Waals surface area contributed by atoms with E-state index in [1.165, 1.54) is 0 Å². The lowest BCUT2D eigenvalue weighted by atomic mass is 10.0. The molecule has 0 N–H and O–H groups in total. The molecule has 0 unspecified atom stereocenters. The molecule has 0 atom stereocenters. The Balaban J connectivity index is 1.96. The zero-order valence-electron chi connectivity index (χ0n) is 11.3. The normalized spacial score (nSPS) is 16.7. The molecule has 0 bridgehead atoms. The molecule has 0 radical (unpaired) electrons. The fourth-order valence-corrected chi connectivity index (χ4v) is 2.35. The van der Waals surface area contributed by atoms with Crippen LogP contribution in [0.4, 0.5) is 5.82 Å². The van der Waals surface area contributed by atoms with Gasteiger partial charge in [0.25, 0.3) is 0 Å². The minimum Gasteiger partial charge on any atom is -0.356 e. The van der Waals surface area contributed by atoms with Crippen molar-refractivity contribution in [1.29, 1.82) is 0 Å². The number of anilines is 1. The molecule has 18 heavy (non-hydrogen) atoms. The Hall–Kier alpha value is -1.65. The van der Waals surface area contributed by atoms with Gasteiger partial charge in [-0.1, -0.05) is 0 Å². The molecule has 1 amide bonds. The van der Waals surface area contributed by atoms with Gasteiger partial charge in [-0.3, -0.25) is 4.79 Å². The Kier molecular flexibility index (Phi) is 3.79. The Morgan fingerprint density at radius 3 is 2.61 bits per heavy atom. The molecule has 1 aromatic rings. The predicted molar refractivity (Wildman–Crippen MR) is 70.4 cm³/mol. The third-order valence-corrected chi connectivity index (χ3v) is 3.62. The van der Waals surface area contributed by atoms with E-state index in [9.17, 15) is 4.79 Å². The number of rotatable bonds is 2. The van der Waals surface area contributed by atoms with E-state index in [-0.39, 0.29) is 5.91 Å². The minimum absolute atomic E-state index is 0.145. The maximum atomic E-state index is 11.3. The van der Waals surface area contributed by atoms with Gasteiger partial charge in [0.1, 0.15) is 12.1 Å². The Morgan fingerprint density at radius 1 is 1.39 bits per heavy atom. The fourth-order valence-electron chi connectivity index (χ4n) is 2.35. The molecule has 1 saturated heterocycles. The third kappa shape index (κ3) is 2.78. The lowest BCUT2D eigenvalue weighted by Gasteiger charge is -2.36. The molecule has 0 saturated carbocycles. The Morgan fingerprint density at radius 2 is 2.06 bits per heavy atom. The van der Waals surface area contributed by atoms with E-state index in [0.29, 0.717) is 6.04 Å². The van der Waals surface area contributed by atoms with Gasteiger partial charge in [-0.25, -0.2) is 9.97 Å². The van der Waals surface area contributed by atoms with Crippen LogP contribution in [0.25, 0.3) is 0 Å². The summed E-state index contributed by atoms with van der Waals surface area (Å²) in [5.41, 5.74) is 0.989. The highest BCUT2D eigenvalue weighted by molar-refractivity contribution is 5.73. The predicted octanol–water partition coefficient (Wildman–Crippen LogP) is 1.23. The van der Waals surface area contributed by atoms with Crippen molar-refractivity contribution in [3.63, 3.8) is 0 Å². The van der Waals surface area contributed by atoms with Crippen molar-refractivity contribution in [1.82, 2.24) is 14.9 Å². The largest absolute Gasteiger partial charge is 0.356 e. The second kappa shape index (κ2) is 5.33. The first-order chi connectivity index (χ1) is 8.58. The number of hydrogen-bond acceptors (Lipinski definition) is 4. The molecular formula is C13H20N4O. The first-order valence-corrected chi connectivity index (χ1v) is 6.35. The topological polar surface area (TPSA) is 49.3 Å². The second-order valence-corrected chi connectivity index (χ2v) is 4.87. The number of aromatic nitrogens is 2. The zero-order valence-corrected chi connectivity index (χ0v) is 11.3. The first kappa shape index (κ1) is 12.8. The van der Waals surface area contributed by atoms with Gasteiger partial charge >= 0.3 is 0 Å². The van der Waals surface area contributed by atoms with Gasteiger partial charge in [0.15, 0.2) is 0 Å². The summed E-state index contributed by atoms with van der Waals surface area (Å²) < 4.78 is 0. The summed E-state index contributed by atoms with van der Waals surface area (Å²) in [6, 6.07) is 2.37. The molecule has 1 aromatic heterocycles.